The minimum atomic E-state index is -0.864. The Kier molecular flexibility index (Phi) is 1.96. The predicted molar refractivity (Wildman–Crippen MR) is 49.7 cm³/mol. The molecule has 0 saturated carbocycles. The number of nitrogens with zero attached hydrogens (tertiary/aromatic N) is 1. The summed E-state index contributed by atoms with van der Waals surface area (Å²) < 4.78 is 11.0. The monoisotopic (exact) mass is 178 g/mol. The molecular weight excluding hydrogens is 170 g/mol. The van der Waals surface area contributed by atoms with Crippen molar-refractivity contribution in [2.75, 3.05) is 10.8 Å². The molecule has 1 aromatic rings. The van der Waals surface area contributed by atoms with Crippen LogP contribution in [0.2, 0.25) is 0 Å². The maximum atomic E-state index is 11.0. The minimum Gasteiger partial charge on any atom is -0.500 e. The van der Waals surface area contributed by atoms with E-state index in [4.69, 9.17) is 0 Å². The van der Waals surface area contributed by atoms with Crippen LogP contribution in [0.1, 0.15) is 0 Å². The van der Waals surface area contributed by atoms with E-state index in [2.05, 4.69) is 6.20 Å². The maximum Gasteiger partial charge on any atom is 0.0696 e. The molecule has 0 aliphatic carbocycles. The van der Waals surface area contributed by atoms with Crippen molar-refractivity contribution in [3.8, 4) is 0 Å². The number of rotatable bonds is 1. The van der Waals surface area contributed by atoms with E-state index in [0.717, 1.165) is 5.69 Å². The molecule has 1 aromatic carbocycles. The van der Waals surface area contributed by atoms with Gasteiger partial charge in [0.25, 0.3) is 0 Å². The summed E-state index contributed by atoms with van der Waals surface area (Å²) in [6.07, 6.45) is 2.93. The maximum absolute atomic E-state index is 11.0. The second-order valence-electron chi connectivity index (χ2n) is 2.52. The Balaban J connectivity index is 2.23. The van der Waals surface area contributed by atoms with Gasteiger partial charge in [-0.1, -0.05) is 23.6 Å². The van der Waals surface area contributed by atoms with Gasteiger partial charge in [0, 0.05) is 10.8 Å². The van der Waals surface area contributed by atoms with Gasteiger partial charge in [-0.2, -0.15) is 6.20 Å². The van der Waals surface area contributed by atoms with Crippen LogP contribution in [0.25, 0.3) is 0 Å². The predicted octanol–water partition coefficient (Wildman–Crippen LogP) is 1.49. The first-order valence-corrected chi connectivity index (χ1v) is 5.04. The Labute approximate surface area is 74.0 Å². The third kappa shape index (κ3) is 1.41. The van der Waals surface area contributed by atoms with Gasteiger partial charge in [0.2, 0.25) is 0 Å². The van der Waals surface area contributed by atoms with E-state index < -0.39 is 10.8 Å². The molecule has 62 valence electrons. The zero-order valence-corrected chi connectivity index (χ0v) is 7.25. The summed E-state index contributed by atoms with van der Waals surface area (Å²) in [7, 11) is -0.864. The molecule has 1 heterocycles. The topological polar surface area (TPSA) is 20.3 Å². The van der Waals surface area contributed by atoms with E-state index in [-0.39, 0.29) is 0 Å². The average Bonchev–Trinajstić information content (AvgIpc) is 2.54. The number of benzene rings is 1. The van der Waals surface area contributed by atoms with Gasteiger partial charge in [-0.3, -0.25) is 4.21 Å². The molecule has 2 nitrogen and oxygen atoms in total. The molecule has 0 saturated heterocycles. The van der Waals surface area contributed by atoms with Crippen LogP contribution in [-0.4, -0.2) is 10.1 Å². The van der Waals surface area contributed by atoms with Crippen molar-refractivity contribution in [2.24, 2.45) is 0 Å². The Bertz CT molecular complexity index is 321. The van der Waals surface area contributed by atoms with Crippen LogP contribution >= 0.6 is 0 Å². The Morgan fingerprint density at radius 3 is 2.67 bits per heavy atom. The SMILES string of the molecule is O=S1C=[C-]N(c2ccccc2)C1. The molecule has 1 aliphatic heterocycles. The third-order valence-corrected chi connectivity index (χ3v) is 2.55. The smallest absolute Gasteiger partial charge is 0.0696 e. The van der Waals surface area contributed by atoms with E-state index in [9.17, 15) is 4.21 Å². The summed E-state index contributed by atoms with van der Waals surface area (Å²) in [4.78, 5) is 1.86. The summed E-state index contributed by atoms with van der Waals surface area (Å²) in [5.41, 5.74) is 1.04. The van der Waals surface area contributed by atoms with Crippen LogP contribution in [0, 0.1) is 6.20 Å². The fourth-order valence-corrected chi connectivity index (χ4v) is 1.88. The van der Waals surface area contributed by atoms with Crippen LogP contribution in [0.5, 0.6) is 0 Å². The molecular formula is C9H8NOS-. The lowest BCUT2D eigenvalue weighted by Gasteiger charge is -2.26. The average molecular weight is 178 g/mol. The van der Waals surface area contributed by atoms with Crippen LogP contribution in [-0.2, 0) is 10.8 Å². The number of anilines is 1. The molecule has 1 atom stereocenters. The second kappa shape index (κ2) is 3.11. The van der Waals surface area contributed by atoms with Gasteiger partial charge in [0.1, 0.15) is 0 Å². The summed E-state index contributed by atoms with van der Waals surface area (Å²) in [5.74, 6) is 0.532. The van der Waals surface area contributed by atoms with E-state index in [1.807, 2.05) is 35.2 Å². The molecule has 0 radical (unpaired) electrons. The number of hydrogen-bond donors (Lipinski definition) is 0. The molecule has 0 spiro atoms. The lowest BCUT2D eigenvalue weighted by molar-refractivity contribution is 0.689. The molecule has 0 bridgehead atoms. The summed E-state index contributed by atoms with van der Waals surface area (Å²) in [6, 6.07) is 9.82. The quantitative estimate of drug-likeness (QED) is 0.607. The third-order valence-electron chi connectivity index (χ3n) is 1.66. The fraction of sp³-hybridized carbons (Fsp3) is 0.111. The van der Waals surface area contributed by atoms with Crippen molar-refractivity contribution in [3.63, 3.8) is 0 Å². The fourth-order valence-electron chi connectivity index (χ4n) is 1.08. The van der Waals surface area contributed by atoms with Gasteiger partial charge >= 0.3 is 0 Å². The van der Waals surface area contributed by atoms with Crippen molar-refractivity contribution < 1.29 is 4.21 Å². The highest BCUT2D eigenvalue weighted by Gasteiger charge is 2.01. The first-order valence-electron chi connectivity index (χ1n) is 3.65. The Morgan fingerprint density at radius 1 is 1.33 bits per heavy atom. The largest absolute Gasteiger partial charge is 0.500 e. The number of hydrogen-bond acceptors (Lipinski definition) is 2. The van der Waals surface area contributed by atoms with Gasteiger partial charge in [-0.15, -0.1) is 17.8 Å². The molecule has 0 N–H and O–H groups in total. The van der Waals surface area contributed by atoms with Crippen molar-refractivity contribution in [1.29, 1.82) is 0 Å². The van der Waals surface area contributed by atoms with E-state index in [0.29, 0.717) is 5.88 Å². The van der Waals surface area contributed by atoms with E-state index in [1.165, 1.54) is 0 Å². The van der Waals surface area contributed by atoms with E-state index in [1.54, 1.807) is 5.41 Å². The van der Waals surface area contributed by atoms with Crippen molar-refractivity contribution in [3.05, 3.63) is 41.9 Å². The lowest BCUT2D eigenvalue weighted by Crippen LogP contribution is -2.14. The molecule has 0 amide bonds. The standard InChI is InChI=1S/C9H8NOS/c11-12-7-6-10(8-12)9-4-2-1-3-5-9/h1-5,7H,8H2/q-1. The van der Waals surface area contributed by atoms with Gasteiger partial charge in [-0.05, 0) is 0 Å². The minimum absolute atomic E-state index is 0.532. The van der Waals surface area contributed by atoms with Crippen LogP contribution in [0.3, 0.4) is 0 Å². The Hall–Kier alpha value is -1.09. The summed E-state index contributed by atoms with van der Waals surface area (Å²) in [5, 5.41) is 1.59. The first kappa shape index (κ1) is 7.55. The van der Waals surface area contributed by atoms with Gasteiger partial charge in [-0.25, -0.2) is 0 Å². The summed E-state index contributed by atoms with van der Waals surface area (Å²) in [6.45, 7) is 0. The van der Waals surface area contributed by atoms with Crippen LogP contribution in [0.4, 0.5) is 5.69 Å². The molecule has 1 unspecified atom stereocenters. The highest BCUT2D eigenvalue weighted by molar-refractivity contribution is 7.88. The van der Waals surface area contributed by atoms with Crippen molar-refractivity contribution >= 4 is 16.5 Å². The molecule has 3 heteroatoms. The van der Waals surface area contributed by atoms with Crippen LogP contribution < -0.4 is 4.90 Å². The van der Waals surface area contributed by atoms with Gasteiger partial charge < -0.3 is 4.90 Å². The van der Waals surface area contributed by atoms with Gasteiger partial charge in [0.05, 0.1) is 5.88 Å². The zero-order valence-electron chi connectivity index (χ0n) is 6.43. The van der Waals surface area contributed by atoms with Crippen molar-refractivity contribution in [2.45, 2.75) is 0 Å². The second-order valence-corrected chi connectivity index (χ2v) is 3.78. The van der Waals surface area contributed by atoms with Gasteiger partial charge in [0.15, 0.2) is 0 Å². The highest BCUT2D eigenvalue weighted by Crippen LogP contribution is 2.16. The number of para-hydroxylation sites is 1. The molecule has 0 aromatic heterocycles. The lowest BCUT2D eigenvalue weighted by atomic mass is 10.3. The van der Waals surface area contributed by atoms with E-state index >= 15 is 0 Å². The van der Waals surface area contributed by atoms with Crippen molar-refractivity contribution in [1.82, 2.24) is 0 Å². The summed E-state index contributed by atoms with van der Waals surface area (Å²) >= 11 is 0. The first-order chi connectivity index (χ1) is 5.86. The molecule has 0 fully saturated rings. The Morgan fingerprint density at radius 2 is 2.08 bits per heavy atom. The van der Waals surface area contributed by atoms with Crippen LogP contribution in [0.15, 0.2) is 35.7 Å². The normalized spacial score (nSPS) is 21.7. The molecule has 1 aliphatic rings. The molecule has 12 heavy (non-hydrogen) atoms. The zero-order chi connectivity index (χ0) is 8.39. The highest BCUT2D eigenvalue weighted by atomic mass is 32.2. The molecule has 2 rings (SSSR count).